The lowest BCUT2D eigenvalue weighted by Gasteiger charge is -2.32. The zero-order valence-electron chi connectivity index (χ0n) is 18.4. The van der Waals surface area contributed by atoms with Crippen LogP contribution in [0.5, 0.6) is 5.75 Å². The average molecular weight is 433 g/mol. The van der Waals surface area contributed by atoms with Gasteiger partial charge in [0, 0.05) is 11.7 Å². The van der Waals surface area contributed by atoms with Crippen LogP contribution < -0.4 is 15.0 Å². The van der Waals surface area contributed by atoms with Crippen molar-refractivity contribution in [2.45, 2.75) is 44.7 Å². The number of furan rings is 1. The van der Waals surface area contributed by atoms with Gasteiger partial charge in [0.2, 0.25) is 5.91 Å². The lowest BCUT2D eigenvalue weighted by molar-refractivity contribution is -0.123. The summed E-state index contributed by atoms with van der Waals surface area (Å²) in [7, 11) is 1.60. The van der Waals surface area contributed by atoms with Crippen LogP contribution in [0.2, 0.25) is 0 Å². The van der Waals surface area contributed by atoms with Crippen molar-refractivity contribution in [3.8, 4) is 5.75 Å². The number of rotatable bonds is 7. The molecule has 1 N–H and O–H groups in total. The maximum atomic E-state index is 13.6. The van der Waals surface area contributed by atoms with E-state index >= 15 is 0 Å². The fraction of sp³-hybridized carbons (Fsp3) is 0.308. The van der Waals surface area contributed by atoms with Crippen molar-refractivity contribution in [3.05, 3.63) is 83.8 Å². The molecule has 0 bridgehead atoms. The van der Waals surface area contributed by atoms with Crippen LogP contribution in [0.3, 0.4) is 0 Å². The molecule has 1 aliphatic rings. The van der Waals surface area contributed by atoms with Crippen LogP contribution in [-0.2, 0) is 4.79 Å². The first kappa shape index (κ1) is 21.7. The molecule has 1 saturated carbocycles. The minimum absolute atomic E-state index is 0.127. The van der Waals surface area contributed by atoms with Crippen LogP contribution >= 0.6 is 0 Å². The number of carbonyl (C=O) groups is 2. The number of hydrogen-bond donors (Lipinski definition) is 1. The highest BCUT2D eigenvalue weighted by atomic mass is 16.5. The topological polar surface area (TPSA) is 71.8 Å². The fourth-order valence-electron chi connectivity index (χ4n) is 4.16. The number of nitrogens with one attached hydrogen (secondary N) is 1. The molecule has 0 spiro atoms. The van der Waals surface area contributed by atoms with Crippen molar-refractivity contribution >= 4 is 17.5 Å². The summed E-state index contributed by atoms with van der Waals surface area (Å²) in [4.78, 5) is 28.8. The SMILES string of the molecule is COc1ccc([C@H](C(=O)NC2CCCC2)N(C(=O)c2ccco2)c2ccc(C)cc2)cc1. The first-order chi connectivity index (χ1) is 15.6. The highest BCUT2D eigenvalue weighted by Crippen LogP contribution is 2.32. The number of nitrogens with zero attached hydrogens (tertiary/aromatic N) is 1. The molecule has 2 aromatic carbocycles. The summed E-state index contributed by atoms with van der Waals surface area (Å²) in [5.74, 6) is 0.282. The van der Waals surface area contributed by atoms with E-state index in [0.717, 1.165) is 31.2 Å². The first-order valence-electron chi connectivity index (χ1n) is 10.9. The predicted octanol–water partition coefficient (Wildman–Crippen LogP) is 5.04. The number of benzene rings is 2. The second-order valence-corrected chi connectivity index (χ2v) is 8.15. The molecule has 0 saturated heterocycles. The van der Waals surface area contributed by atoms with Gasteiger partial charge in [-0.25, -0.2) is 0 Å². The maximum Gasteiger partial charge on any atom is 0.294 e. The molecule has 6 nitrogen and oxygen atoms in total. The van der Waals surface area contributed by atoms with E-state index in [1.807, 2.05) is 43.3 Å². The normalized spacial score (nSPS) is 14.7. The zero-order chi connectivity index (χ0) is 22.5. The van der Waals surface area contributed by atoms with Crippen LogP contribution in [0.25, 0.3) is 0 Å². The van der Waals surface area contributed by atoms with Gasteiger partial charge in [0.05, 0.1) is 13.4 Å². The molecule has 3 aromatic rings. The second kappa shape index (κ2) is 9.73. The summed E-state index contributed by atoms with van der Waals surface area (Å²) in [6, 6.07) is 17.4. The molecule has 0 unspecified atom stereocenters. The lowest BCUT2D eigenvalue weighted by atomic mass is 10.0. The highest BCUT2D eigenvalue weighted by molar-refractivity contribution is 6.08. The van der Waals surface area contributed by atoms with Gasteiger partial charge in [0.15, 0.2) is 5.76 Å². The van der Waals surface area contributed by atoms with Gasteiger partial charge < -0.3 is 14.5 Å². The van der Waals surface area contributed by atoms with E-state index in [0.29, 0.717) is 17.0 Å². The molecular formula is C26H28N2O4. The van der Waals surface area contributed by atoms with E-state index in [4.69, 9.17) is 9.15 Å². The average Bonchev–Trinajstić information content (AvgIpc) is 3.52. The Balaban J connectivity index is 1.79. The third-order valence-electron chi connectivity index (χ3n) is 5.90. The molecule has 0 aliphatic heterocycles. The summed E-state index contributed by atoms with van der Waals surface area (Å²) in [6.07, 6.45) is 5.58. The molecular weight excluding hydrogens is 404 g/mol. The minimum atomic E-state index is -0.859. The van der Waals surface area contributed by atoms with Gasteiger partial charge in [0.25, 0.3) is 5.91 Å². The third-order valence-corrected chi connectivity index (χ3v) is 5.90. The molecule has 1 aromatic heterocycles. The summed E-state index contributed by atoms with van der Waals surface area (Å²) < 4.78 is 10.7. The summed E-state index contributed by atoms with van der Waals surface area (Å²) in [5.41, 5.74) is 2.39. The highest BCUT2D eigenvalue weighted by Gasteiger charge is 2.35. The van der Waals surface area contributed by atoms with Crippen LogP contribution in [0.4, 0.5) is 5.69 Å². The van der Waals surface area contributed by atoms with Crippen LogP contribution in [0.15, 0.2) is 71.3 Å². The second-order valence-electron chi connectivity index (χ2n) is 8.15. The van der Waals surface area contributed by atoms with Gasteiger partial charge in [-0.05, 0) is 61.7 Å². The fourth-order valence-corrected chi connectivity index (χ4v) is 4.16. The van der Waals surface area contributed by atoms with Crippen LogP contribution in [0, 0.1) is 6.92 Å². The summed E-state index contributed by atoms with van der Waals surface area (Å²) in [5, 5.41) is 3.17. The number of hydrogen-bond acceptors (Lipinski definition) is 4. The first-order valence-corrected chi connectivity index (χ1v) is 10.9. The Kier molecular flexibility index (Phi) is 6.59. The molecule has 4 rings (SSSR count). The molecule has 1 fully saturated rings. The van der Waals surface area contributed by atoms with E-state index in [1.54, 1.807) is 31.4 Å². The molecule has 1 atom stereocenters. The van der Waals surface area contributed by atoms with Gasteiger partial charge in [-0.2, -0.15) is 0 Å². The van der Waals surface area contributed by atoms with E-state index in [1.165, 1.54) is 11.2 Å². The number of anilines is 1. The molecule has 0 radical (unpaired) electrons. The van der Waals surface area contributed by atoms with E-state index in [9.17, 15) is 9.59 Å². The lowest BCUT2D eigenvalue weighted by Crippen LogP contribution is -2.46. The van der Waals surface area contributed by atoms with Crippen molar-refractivity contribution in [1.82, 2.24) is 5.32 Å². The number of aryl methyl sites for hydroxylation is 1. The number of ether oxygens (including phenoxy) is 1. The maximum absolute atomic E-state index is 13.6. The monoisotopic (exact) mass is 432 g/mol. The van der Waals surface area contributed by atoms with Crippen molar-refractivity contribution in [3.63, 3.8) is 0 Å². The van der Waals surface area contributed by atoms with Crippen molar-refractivity contribution in [2.24, 2.45) is 0 Å². The van der Waals surface area contributed by atoms with Crippen molar-refractivity contribution in [1.29, 1.82) is 0 Å². The Morgan fingerprint density at radius 3 is 2.31 bits per heavy atom. The van der Waals surface area contributed by atoms with Gasteiger partial charge in [-0.15, -0.1) is 0 Å². The standard InChI is InChI=1S/C26H28N2O4/c1-18-9-13-21(14-10-18)28(26(30)23-8-5-17-32-23)24(19-11-15-22(31-2)16-12-19)25(29)27-20-6-3-4-7-20/h5,8-17,20,24H,3-4,6-7H2,1-2H3,(H,27,29)/t24-/m1/s1. The van der Waals surface area contributed by atoms with Crippen molar-refractivity contribution in [2.75, 3.05) is 12.0 Å². The predicted molar refractivity (Wildman–Crippen MR) is 123 cm³/mol. The number of carbonyl (C=O) groups excluding carboxylic acids is 2. The van der Waals surface area contributed by atoms with Crippen molar-refractivity contribution < 1.29 is 18.7 Å². The molecule has 166 valence electrons. The van der Waals surface area contributed by atoms with Gasteiger partial charge in [-0.3, -0.25) is 14.5 Å². The van der Waals surface area contributed by atoms with E-state index < -0.39 is 6.04 Å². The summed E-state index contributed by atoms with van der Waals surface area (Å²) >= 11 is 0. The van der Waals surface area contributed by atoms with Crippen LogP contribution in [0.1, 0.15) is 53.4 Å². The molecule has 1 heterocycles. The Morgan fingerprint density at radius 1 is 1.03 bits per heavy atom. The molecule has 32 heavy (non-hydrogen) atoms. The Labute approximate surface area is 188 Å². The molecule has 1 aliphatic carbocycles. The minimum Gasteiger partial charge on any atom is -0.497 e. The van der Waals surface area contributed by atoms with Gasteiger partial charge >= 0.3 is 0 Å². The molecule has 2 amide bonds. The smallest absolute Gasteiger partial charge is 0.294 e. The van der Waals surface area contributed by atoms with Crippen LogP contribution in [-0.4, -0.2) is 25.0 Å². The Morgan fingerprint density at radius 2 is 1.72 bits per heavy atom. The largest absolute Gasteiger partial charge is 0.497 e. The Hall–Kier alpha value is -3.54. The third kappa shape index (κ3) is 4.69. The quantitative estimate of drug-likeness (QED) is 0.568. The van der Waals surface area contributed by atoms with E-state index in [2.05, 4.69) is 5.32 Å². The number of methoxy groups -OCH3 is 1. The zero-order valence-corrected chi connectivity index (χ0v) is 18.4. The van der Waals surface area contributed by atoms with Gasteiger partial charge in [-0.1, -0.05) is 42.7 Å². The molecule has 6 heteroatoms. The van der Waals surface area contributed by atoms with Gasteiger partial charge in [0.1, 0.15) is 11.8 Å². The summed E-state index contributed by atoms with van der Waals surface area (Å²) in [6.45, 7) is 1.98. The Bertz CT molecular complexity index is 1040. The number of amides is 2. The van der Waals surface area contributed by atoms with E-state index in [-0.39, 0.29) is 23.6 Å².